The molecule has 0 heterocycles. The molecule has 1 N–H and O–H groups in total. The van der Waals surface area contributed by atoms with Gasteiger partial charge in [0.05, 0.1) is 12.2 Å². The number of aldehydes is 1. The minimum atomic E-state index is -0.767. The first-order valence-electron chi connectivity index (χ1n) is 6.47. The van der Waals surface area contributed by atoms with Crippen LogP contribution in [0.3, 0.4) is 0 Å². The number of halogens is 1. The topological polar surface area (TPSA) is 64.6 Å². The highest BCUT2D eigenvalue weighted by Crippen LogP contribution is 2.12. The number of carbonyl (C=O) groups is 2. The van der Waals surface area contributed by atoms with E-state index in [1.54, 1.807) is 0 Å². The molecule has 0 spiro atoms. The lowest BCUT2D eigenvalue weighted by atomic mass is 9.99. The molecule has 2 atom stereocenters. The van der Waals surface area contributed by atoms with E-state index in [4.69, 9.17) is 9.57 Å². The molecule has 2 unspecified atom stereocenters. The second kappa shape index (κ2) is 9.44. The van der Waals surface area contributed by atoms with Gasteiger partial charge in [0.2, 0.25) is 0 Å². The van der Waals surface area contributed by atoms with E-state index in [0.29, 0.717) is 13.0 Å². The Labute approximate surface area is 123 Å². The molecule has 0 saturated carbocycles. The molecule has 0 aromatic rings. The summed E-state index contributed by atoms with van der Waals surface area (Å²) >= 11 is 3.26. The zero-order valence-corrected chi connectivity index (χ0v) is 13.7. The summed E-state index contributed by atoms with van der Waals surface area (Å²) in [6.07, 6.45) is 2.04. The first-order chi connectivity index (χ1) is 8.85. The van der Waals surface area contributed by atoms with Crippen molar-refractivity contribution in [3.63, 3.8) is 0 Å². The van der Waals surface area contributed by atoms with Crippen LogP contribution in [0.25, 0.3) is 0 Å². The van der Waals surface area contributed by atoms with Crippen LogP contribution in [0.1, 0.15) is 40.5 Å². The average molecular weight is 338 g/mol. The number of ether oxygens (including phenoxy) is 1. The Morgan fingerprint density at radius 3 is 2.47 bits per heavy atom. The predicted molar refractivity (Wildman–Crippen MR) is 77.0 cm³/mol. The molecule has 0 aliphatic heterocycles. The smallest absolute Gasteiger partial charge is 0.326 e. The van der Waals surface area contributed by atoms with Crippen LogP contribution in [-0.4, -0.2) is 35.8 Å². The summed E-state index contributed by atoms with van der Waals surface area (Å²) in [7, 11) is 0. The van der Waals surface area contributed by atoms with E-state index in [2.05, 4.69) is 21.4 Å². The monoisotopic (exact) mass is 337 g/mol. The van der Waals surface area contributed by atoms with Gasteiger partial charge in [-0.25, -0.2) is 0 Å². The van der Waals surface area contributed by atoms with Gasteiger partial charge >= 0.3 is 5.97 Å². The van der Waals surface area contributed by atoms with Gasteiger partial charge in [0, 0.05) is 11.2 Å². The van der Waals surface area contributed by atoms with E-state index in [0.717, 1.165) is 18.0 Å². The molecule has 0 radical (unpaired) electrons. The summed E-state index contributed by atoms with van der Waals surface area (Å²) < 4.78 is 5.12. The van der Waals surface area contributed by atoms with Gasteiger partial charge < -0.3 is 9.53 Å². The van der Waals surface area contributed by atoms with Crippen LogP contribution < -0.4 is 5.48 Å². The molecule has 0 aliphatic carbocycles. The van der Waals surface area contributed by atoms with Crippen LogP contribution in [-0.2, 0) is 19.2 Å². The molecule has 112 valence electrons. The lowest BCUT2D eigenvalue weighted by Gasteiger charge is -2.26. The van der Waals surface area contributed by atoms with E-state index >= 15 is 0 Å². The first kappa shape index (κ1) is 18.5. The summed E-state index contributed by atoms with van der Waals surface area (Å²) in [6, 6.07) is -0.767. The van der Waals surface area contributed by atoms with Crippen molar-refractivity contribution in [3.8, 4) is 0 Å². The largest absolute Gasteiger partial charge is 0.464 e. The highest BCUT2D eigenvalue weighted by Gasteiger charge is 2.30. The minimum absolute atomic E-state index is 0.326. The van der Waals surface area contributed by atoms with Crippen molar-refractivity contribution in [2.75, 3.05) is 11.9 Å². The quantitative estimate of drug-likeness (QED) is 0.230. The molecule has 19 heavy (non-hydrogen) atoms. The van der Waals surface area contributed by atoms with Crippen molar-refractivity contribution >= 4 is 28.2 Å². The Hall–Kier alpha value is -0.460. The maximum Gasteiger partial charge on any atom is 0.326 e. The lowest BCUT2D eigenvalue weighted by molar-refractivity contribution is -0.161. The fraction of sp³-hybridized carbons (Fsp3) is 0.846. The predicted octanol–water partition coefficient (Wildman–Crippen LogP) is 2.23. The van der Waals surface area contributed by atoms with Crippen LogP contribution in [0.5, 0.6) is 0 Å². The molecule has 0 aliphatic rings. The summed E-state index contributed by atoms with van der Waals surface area (Å²) in [4.78, 5) is 28.4. The number of hydrogen-bond donors (Lipinski definition) is 1. The standard InChI is InChI=1S/C13H24BrNO4/c1-5-10(9-16)11(15-19-13(2,3)4)12(17)18-8-6-7-14/h9-11,15H,5-8H2,1-4H3. The first-order valence-corrected chi connectivity index (χ1v) is 7.59. The Kier molecular flexibility index (Phi) is 9.22. The van der Waals surface area contributed by atoms with Gasteiger partial charge in [0.15, 0.2) is 0 Å². The SMILES string of the molecule is CCC(C=O)C(NOC(C)(C)C)C(=O)OCCCBr. The number of esters is 1. The van der Waals surface area contributed by atoms with E-state index in [-0.39, 0.29) is 0 Å². The van der Waals surface area contributed by atoms with Crippen molar-refractivity contribution in [1.82, 2.24) is 5.48 Å². The second-order valence-electron chi connectivity index (χ2n) is 5.23. The second-order valence-corrected chi connectivity index (χ2v) is 6.02. The van der Waals surface area contributed by atoms with Crippen LogP contribution >= 0.6 is 15.9 Å². The Morgan fingerprint density at radius 1 is 1.42 bits per heavy atom. The number of carbonyl (C=O) groups excluding carboxylic acids is 2. The molecule has 0 amide bonds. The molecule has 0 aromatic heterocycles. The zero-order chi connectivity index (χ0) is 14.9. The maximum atomic E-state index is 12.0. The Bertz CT molecular complexity index is 278. The molecule has 0 fully saturated rings. The van der Waals surface area contributed by atoms with Crippen LogP contribution in [0.2, 0.25) is 0 Å². The fourth-order valence-electron chi connectivity index (χ4n) is 1.28. The highest BCUT2D eigenvalue weighted by atomic mass is 79.9. The molecule has 5 nitrogen and oxygen atoms in total. The van der Waals surface area contributed by atoms with Crippen molar-refractivity contribution in [1.29, 1.82) is 0 Å². The third-order valence-corrected chi connectivity index (χ3v) is 2.90. The van der Waals surface area contributed by atoms with E-state index in [9.17, 15) is 9.59 Å². The molecule has 0 bridgehead atoms. The van der Waals surface area contributed by atoms with Gasteiger partial charge in [-0.15, -0.1) is 0 Å². The summed E-state index contributed by atoms with van der Waals surface area (Å²) in [6.45, 7) is 7.74. The lowest BCUT2D eigenvalue weighted by Crippen LogP contribution is -2.47. The minimum Gasteiger partial charge on any atom is -0.464 e. The zero-order valence-electron chi connectivity index (χ0n) is 12.1. The van der Waals surface area contributed by atoms with Crippen LogP contribution in [0, 0.1) is 5.92 Å². The van der Waals surface area contributed by atoms with Crippen molar-refractivity contribution in [2.24, 2.45) is 5.92 Å². The number of hydroxylamine groups is 1. The normalized spacial score (nSPS) is 14.8. The summed E-state index contributed by atoms with van der Waals surface area (Å²) in [5.41, 5.74) is 2.22. The summed E-state index contributed by atoms with van der Waals surface area (Å²) in [5, 5.41) is 0.766. The van der Waals surface area contributed by atoms with Crippen molar-refractivity contribution in [2.45, 2.75) is 52.2 Å². The van der Waals surface area contributed by atoms with Gasteiger partial charge in [-0.2, -0.15) is 5.48 Å². The van der Waals surface area contributed by atoms with Crippen LogP contribution in [0.15, 0.2) is 0 Å². The van der Waals surface area contributed by atoms with Crippen LogP contribution in [0.4, 0.5) is 0 Å². The molecule has 6 heteroatoms. The maximum absolute atomic E-state index is 12.0. The van der Waals surface area contributed by atoms with Crippen molar-refractivity contribution in [3.05, 3.63) is 0 Å². The van der Waals surface area contributed by atoms with Gasteiger partial charge in [0.25, 0.3) is 0 Å². The fourth-order valence-corrected chi connectivity index (χ4v) is 1.51. The van der Waals surface area contributed by atoms with E-state index < -0.39 is 23.5 Å². The van der Waals surface area contributed by atoms with Gasteiger partial charge in [-0.3, -0.25) is 9.63 Å². The van der Waals surface area contributed by atoms with Gasteiger partial charge in [0.1, 0.15) is 12.3 Å². The Morgan fingerprint density at radius 2 is 2.05 bits per heavy atom. The number of rotatable bonds is 9. The third kappa shape index (κ3) is 8.34. The van der Waals surface area contributed by atoms with Gasteiger partial charge in [-0.05, 0) is 33.6 Å². The molecular formula is C13H24BrNO4. The number of alkyl halides is 1. The van der Waals surface area contributed by atoms with Crippen molar-refractivity contribution < 1.29 is 19.2 Å². The van der Waals surface area contributed by atoms with Gasteiger partial charge in [-0.1, -0.05) is 22.9 Å². The number of nitrogens with one attached hydrogen (secondary N) is 1. The highest BCUT2D eigenvalue weighted by molar-refractivity contribution is 9.09. The third-order valence-electron chi connectivity index (χ3n) is 2.34. The number of hydrogen-bond acceptors (Lipinski definition) is 5. The average Bonchev–Trinajstić information content (AvgIpc) is 2.33. The summed E-state index contributed by atoms with van der Waals surface area (Å²) in [5.74, 6) is -0.914. The van der Waals surface area contributed by atoms with E-state index in [1.807, 2.05) is 27.7 Å². The van der Waals surface area contributed by atoms with E-state index in [1.165, 1.54) is 0 Å². The molecule has 0 saturated heterocycles. The molecule has 0 rings (SSSR count). The Balaban J connectivity index is 4.56. The molecular weight excluding hydrogens is 314 g/mol. The molecule has 0 aromatic carbocycles.